The highest BCUT2D eigenvalue weighted by Crippen LogP contribution is 2.35. The number of sulfonamides is 1. The van der Waals surface area contributed by atoms with Crippen molar-refractivity contribution in [2.75, 3.05) is 13.1 Å². The lowest BCUT2D eigenvalue weighted by Crippen LogP contribution is -2.43. The van der Waals surface area contributed by atoms with Crippen molar-refractivity contribution in [2.24, 2.45) is 5.92 Å². The van der Waals surface area contributed by atoms with E-state index in [1.54, 1.807) is 16.4 Å². The molecule has 2 atom stereocenters. The van der Waals surface area contributed by atoms with Gasteiger partial charge in [0.1, 0.15) is 5.65 Å². The fraction of sp³-hybridized carbons (Fsp3) is 0.273. The fourth-order valence-corrected chi connectivity index (χ4v) is 5.85. The first-order valence-corrected chi connectivity index (χ1v) is 11.4. The molecule has 0 unspecified atom stereocenters. The number of fused-ring (bicyclic) bond motifs is 3. The largest absolute Gasteiger partial charge is 0.346 e. The lowest BCUT2D eigenvalue weighted by Gasteiger charge is -2.37. The predicted octanol–water partition coefficient (Wildman–Crippen LogP) is 3.66. The number of pyridine rings is 1. The van der Waals surface area contributed by atoms with E-state index in [1.165, 1.54) is 12.1 Å². The zero-order valence-corrected chi connectivity index (χ0v) is 17.3. The quantitative estimate of drug-likeness (QED) is 0.548. The average Bonchev–Trinajstić information content (AvgIpc) is 3.40. The smallest absolute Gasteiger partial charge is 0.243 e. The van der Waals surface area contributed by atoms with Gasteiger partial charge < -0.3 is 9.55 Å². The molecule has 1 aliphatic rings. The summed E-state index contributed by atoms with van der Waals surface area (Å²) >= 11 is 0. The third-order valence-electron chi connectivity index (χ3n) is 6.12. The zero-order chi connectivity index (χ0) is 20.9. The highest BCUT2D eigenvalue weighted by atomic mass is 32.2. The van der Waals surface area contributed by atoms with Crippen LogP contribution in [0.5, 0.6) is 0 Å². The molecule has 0 bridgehead atoms. The van der Waals surface area contributed by atoms with Gasteiger partial charge in [-0.2, -0.15) is 9.57 Å². The molecule has 4 heterocycles. The van der Waals surface area contributed by atoms with Crippen LogP contribution in [0, 0.1) is 17.2 Å². The number of aromatic amines is 1. The Labute approximate surface area is 174 Å². The van der Waals surface area contributed by atoms with Gasteiger partial charge in [-0.15, -0.1) is 0 Å². The summed E-state index contributed by atoms with van der Waals surface area (Å²) in [6.07, 6.45) is 6.54. The number of H-pyrrole nitrogens is 1. The number of benzene rings is 1. The minimum absolute atomic E-state index is 0.0184. The number of hydrogen-bond donors (Lipinski definition) is 1. The van der Waals surface area contributed by atoms with Gasteiger partial charge >= 0.3 is 0 Å². The van der Waals surface area contributed by atoms with E-state index in [2.05, 4.69) is 21.5 Å². The van der Waals surface area contributed by atoms with Crippen molar-refractivity contribution in [2.45, 2.75) is 24.3 Å². The Kier molecular flexibility index (Phi) is 4.38. The fourth-order valence-electron chi connectivity index (χ4n) is 4.38. The first-order chi connectivity index (χ1) is 14.5. The summed E-state index contributed by atoms with van der Waals surface area (Å²) in [7, 11) is -3.63. The molecular weight excluding hydrogens is 398 g/mol. The Hall–Kier alpha value is -3.15. The summed E-state index contributed by atoms with van der Waals surface area (Å²) in [6.45, 7) is 3.07. The third kappa shape index (κ3) is 2.90. The summed E-state index contributed by atoms with van der Waals surface area (Å²) in [5.74, 6) is 0.329. The maximum absolute atomic E-state index is 13.3. The molecule has 3 aromatic heterocycles. The number of rotatable bonds is 3. The molecule has 1 saturated heterocycles. The van der Waals surface area contributed by atoms with Crippen molar-refractivity contribution in [3.63, 3.8) is 0 Å². The van der Waals surface area contributed by atoms with Gasteiger partial charge in [-0.1, -0.05) is 6.92 Å². The van der Waals surface area contributed by atoms with Gasteiger partial charge in [0.05, 0.1) is 28.1 Å². The maximum Gasteiger partial charge on any atom is 0.243 e. The van der Waals surface area contributed by atoms with Crippen molar-refractivity contribution in [3.05, 3.63) is 60.6 Å². The van der Waals surface area contributed by atoms with Gasteiger partial charge in [-0.25, -0.2) is 13.4 Å². The topological polar surface area (TPSA) is 94.8 Å². The van der Waals surface area contributed by atoms with E-state index in [0.29, 0.717) is 24.6 Å². The van der Waals surface area contributed by atoms with Gasteiger partial charge in [0.25, 0.3) is 0 Å². The van der Waals surface area contributed by atoms with Crippen LogP contribution in [0.25, 0.3) is 21.9 Å². The summed E-state index contributed by atoms with van der Waals surface area (Å²) in [4.78, 5) is 7.84. The van der Waals surface area contributed by atoms with Crippen LogP contribution < -0.4 is 0 Å². The molecule has 0 amide bonds. The highest BCUT2D eigenvalue weighted by Gasteiger charge is 2.35. The molecule has 5 rings (SSSR count). The van der Waals surface area contributed by atoms with Crippen LogP contribution in [-0.4, -0.2) is 40.3 Å². The lowest BCUT2D eigenvalue weighted by molar-refractivity contribution is 0.205. The Morgan fingerprint density at radius 2 is 2.00 bits per heavy atom. The monoisotopic (exact) mass is 419 g/mol. The first-order valence-electron chi connectivity index (χ1n) is 9.92. The molecule has 1 aromatic carbocycles. The van der Waals surface area contributed by atoms with Gasteiger partial charge in [0.15, 0.2) is 0 Å². The van der Waals surface area contributed by atoms with E-state index in [1.807, 2.05) is 36.8 Å². The number of piperidine rings is 1. The van der Waals surface area contributed by atoms with E-state index in [4.69, 9.17) is 5.26 Å². The Morgan fingerprint density at radius 1 is 1.20 bits per heavy atom. The van der Waals surface area contributed by atoms with Crippen LogP contribution in [-0.2, 0) is 10.0 Å². The predicted molar refractivity (Wildman–Crippen MR) is 114 cm³/mol. The molecule has 0 radical (unpaired) electrons. The molecule has 1 N–H and O–H groups in total. The number of hydrogen-bond acceptors (Lipinski definition) is 4. The van der Waals surface area contributed by atoms with Crippen molar-refractivity contribution in [3.8, 4) is 6.07 Å². The van der Waals surface area contributed by atoms with Crippen molar-refractivity contribution in [1.82, 2.24) is 18.8 Å². The second-order valence-electron chi connectivity index (χ2n) is 7.86. The summed E-state index contributed by atoms with van der Waals surface area (Å²) in [5, 5.41) is 11.1. The number of nitrogens with one attached hydrogen (secondary N) is 1. The van der Waals surface area contributed by atoms with Gasteiger partial charge in [-0.3, -0.25) is 0 Å². The Bertz CT molecular complexity index is 1380. The van der Waals surface area contributed by atoms with Crippen LogP contribution in [0.4, 0.5) is 0 Å². The molecule has 1 aliphatic heterocycles. The zero-order valence-electron chi connectivity index (χ0n) is 16.5. The van der Waals surface area contributed by atoms with Gasteiger partial charge in [0.2, 0.25) is 10.0 Å². The molecule has 0 spiro atoms. The minimum atomic E-state index is -3.63. The molecule has 7 nitrogen and oxygen atoms in total. The SMILES string of the molecule is C[C@@H]1CCN(S(=O)(=O)c2ccc(C#N)cc2)C[C@@H]1n1ccc2cnc3[nH]ccc3c21. The maximum atomic E-state index is 13.3. The van der Waals surface area contributed by atoms with E-state index in [9.17, 15) is 8.42 Å². The Morgan fingerprint density at radius 3 is 2.77 bits per heavy atom. The standard InChI is InChI=1S/C22H21N5O2S/c1-15-7-10-26(30(28,29)18-4-2-16(12-23)3-5-18)14-20(15)27-11-8-17-13-25-22-19(21(17)27)6-9-24-22/h2-6,8-9,11,13,15,20H,7,10,14H2,1H3,(H,24,25)/t15-,20+/m1/s1. The molecule has 8 heteroatoms. The molecule has 0 aliphatic carbocycles. The van der Waals surface area contributed by atoms with Gasteiger partial charge in [0, 0.05) is 42.5 Å². The van der Waals surface area contributed by atoms with E-state index in [0.717, 1.165) is 28.4 Å². The first kappa shape index (κ1) is 18.9. The van der Waals surface area contributed by atoms with Crippen LogP contribution in [0.3, 0.4) is 0 Å². The van der Waals surface area contributed by atoms with Crippen molar-refractivity contribution < 1.29 is 8.42 Å². The second-order valence-corrected chi connectivity index (χ2v) is 9.80. The lowest BCUT2D eigenvalue weighted by atomic mass is 9.94. The van der Waals surface area contributed by atoms with Crippen LogP contribution >= 0.6 is 0 Å². The molecule has 1 fully saturated rings. The summed E-state index contributed by atoms with van der Waals surface area (Å²) in [5.41, 5.74) is 2.35. The molecule has 152 valence electrons. The van der Waals surface area contributed by atoms with Crippen molar-refractivity contribution in [1.29, 1.82) is 5.26 Å². The molecular formula is C22H21N5O2S. The molecule has 0 saturated carbocycles. The van der Waals surface area contributed by atoms with Crippen LogP contribution in [0.1, 0.15) is 24.9 Å². The second kappa shape index (κ2) is 6.97. The highest BCUT2D eigenvalue weighted by molar-refractivity contribution is 7.89. The molecule has 4 aromatic rings. The summed E-state index contributed by atoms with van der Waals surface area (Å²) in [6, 6.07) is 12.2. The van der Waals surface area contributed by atoms with Crippen LogP contribution in [0.15, 0.2) is 59.9 Å². The average molecular weight is 420 g/mol. The number of nitrogens with zero attached hydrogens (tertiary/aromatic N) is 4. The normalized spacial score (nSPS) is 20.5. The van der Waals surface area contributed by atoms with E-state index < -0.39 is 10.0 Å². The minimum Gasteiger partial charge on any atom is -0.346 e. The van der Waals surface area contributed by atoms with E-state index in [-0.39, 0.29) is 10.9 Å². The number of aromatic nitrogens is 3. The van der Waals surface area contributed by atoms with Gasteiger partial charge in [-0.05, 0) is 48.7 Å². The van der Waals surface area contributed by atoms with Crippen LogP contribution in [0.2, 0.25) is 0 Å². The molecule has 30 heavy (non-hydrogen) atoms. The number of nitriles is 1. The summed E-state index contributed by atoms with van der Waals surface area (Å²) < 4.78 is 30.3. The van der Waals surface area contributed by atoms with Crippen molar-refractivity contribution >= 4 is 32.0 Å². The Balaban J connectivity index is 1.53. The van der Waals surface area contributed by atoms with E-state index >= 15 is 0 Å². The third-order valence-corrected chi connectivity index (χ3v) is 8.00.